The maximum atomic E-state index is 11.7. The average molecular weight is 346 g/mol. The van der Waals surface area contributed by atoms with Crippen LogP contribution >= 0.6 is 11.3 Å². The monoisotopic (exact) mass is 346 g/mol. The molecule has 1 aromatic carbocycles. The highest BCUT2D eigenvalue weighted by Gasteiger charge is 2.13. The van der Waals surface area contributed by atoms with Gasteiger partial charge >= 0.3 is 5.97 Å². The van der Waals surface area contributed by atoms with Crippen LogP contribution in [0.4, 0.5) is 0 Å². The second kappa shape index (κ2) is 8.59. The summed E-state index contributed by atoms with van der Waals surface area (Å²) in [6, 6.07) is 11.5. The number of esters is 1. The highest BCUT2D eigenvalue weighted by atomic mass is 32.1. The molecule has 7 nitrogen and oxygen atoms in total. The van der Waals surface area contributed by atoms with Gasteiger partial charge in [-0.1, -0.05) is 24.3 Å². The number of thiophene rings is 1. The van der Waals surface area contributed by atoms with E-state index >= 15 is 0 Å². The molecule has 2 rings (SSSR count). The number of imide groups is 1. The minimum Gasteiger partial charge on any atom is -0.454 e. The predicted molar refractivity (Wildman–Crippen MR) is 86.5 cm³/mol. The molecule has 24 heavy (non-hydrogen) atoms. The van der Waals surface area contributed by atoms with Crippen LogP contribution in [0.1, 0.15) is 20.0 Å². The summed E-state index contributed by atoms with van der Waals surface area (Å²) in [5.74, 6) is -2.50. The van der Waals surface area contributed by atoms with Crippen molar-refractivity contribution in [3.05, 3.63) is 58.3 Å². The first kappa shape index (κ1) is 17.4. The summed E-state index contributed by atoms with van der Waals surface area (Å²) in [5.41, 5.74) is 0.320. The molecule has 0 fully saturated rings. The third-order valence-electron chi connectivity index (χ3n) is 2.79. The fourth-order valence-electron chi connectivity index (χ4n) is 1.67. The van der Waals surface area contributed by atoms with E-state index in [4.69, 9.17) is 4.74 Å². The van der Waals surface area contributed by atoms with Gasteiger partial charge in [0, 0.05) is 5.56 Å². The van der Waals surface area contributed by atoms with E-state index in [1.807, 2.05) is 0 Å². The van der Waals surface area contributed by atoms with Crippen molar-refractivity contribution in [1.29, 1.82) is 0 Å². The molecule has 0 bridgehead atoms. The number of hydrogen-bond donors (Lipinski definition) is 2. The number of ether oxygens (including phenoxy) is 1. The molecule has 0 saturated heterocycles. The zero-order chi connectivity index (χ0) is 17.4. The van der Waals surface area contributed by atoms with Gasteiger partial charge in [0.1, 0.15) is 6.54 Å². The number of carbonyl (C=O) groups excluding carboxylic acids is 4. The van der Waals surface area contributed by atoms with E-state index in [1.165, 1.54) is 11.3 Å². The Morgan fingerprint density at radius 2 is 1.71 bits per heavy atom. The number of nitrogens with one attached hydrogen (secondary N) is 2. The number of amides is 3. The second-order valence-corrected chi connectivity index (χ2v) is 5.51. The topological polar surface area (TPSA) is 102 Å². The van der Waals surface area contributed by atoms with Crippen molar-refractivity contribution < 1.29 is 23.9 Å². The van der Waals surface area contributed by atoms with Gasteiger partial charge in [-0.25, -0.2) is 0 Å². The van der Waals surface area contributed by atoms with Crippen LogP contribution in [0, 0.1) is 0 Å². The van der Waals surface area contributed by atoms with E-state index in [1.54, 1.807) is 47.8 Å². The Balaban J connectivity index is 1.68. The molecule has 0 unspecified atom stereocenters. The van der Waals surface area contributed by atoms with Crippen LogP contribution in [0.5, 0.6) is 0 Å². The van der Waals surface area contributed by atoms with E-state index in [0.717, 1.165) is 0 Å². The Labute approximate surface area is 141 Å². The Bertz CT molecular complexity index is 728. The van der Waals surface area contributed by atoms with Gasteiger partial charge in [0.25, 0.3) is 17.7 Å². The summed E-state index contributed by atoms with van der Waals surface area (Å²) >= 11 is 1.24. The Morgan fingerprint density at radius 1 is 0.958 bits per heavy atom. The molecule has 0 aliphatic heterocycles. The summed E-state index contributed by atoms with van der Waals surface area (Å²) in [6.45, 7) is -0.969. The van der Waals surface area contributed by atoms with E-state index in [2.05, 4.69) is 10.6 Å². The first-order valence-electron chi connectivity index (χ1n) is 6.93. The first-order valence-corrected chi connectivity index (χ1v) is 7.81. The summed E-state index contributed by atoms with van der Waals surface area (Å²) in [5, 5.41) is 6.21. The Kier molecular flexibility index (Phi) is 6.21. The number of carbonyl (C=O) groups is 4. The zero-order valence-corrected chi connectivity index (χ0v) is 13.3. The molecule has 0 saturated carbocycles. The summed E-state index contributed by atoms with van der Waals surface area (Å²) in [6.07, 6.45) is 0. The molecule has 0 spiro atoms. The molecular weight excluding hydrogens is 332 g/mol. The third-order valence-corrected chi connectivity index (χ3v) is 3.66. The highest BCUT2D eigenvalue weighted by Crippen LogP contribution is 2.07. The van der Waals surface area contributed by atoms with Crippen molar-refractivity contribution in [2.24, 2.45) is 0 Å². The number of hydrogen-bond acceptors (Lipinski definition) is 6. The van der Waals surface area contributed by atoms with Crippen LogP contribution in [0.2, 0.25) is 0 Å². The summed E-state index contributed by atoms with van der Waals surface area (Å²) < 4.78 is 4.69. The van der Waals surface area contributed by atoms with Crippen LogP contribution in [-0.2, 0) is 14.3 Å². The molecule has 1 heterocycles. The molecule has 2 aromatic rings. The van der Waals surface area contributed by atoms with E-state index in [9.17, 15) is 19.2 Å². The van der Waals surface area contributed by atoms with Gasteiger partial charge in [-0.3, -0.25) is 24.5 Å². The molecule has 3 amide bonds. The van der Waals surface area contributed by atoms with Crippen molar-refractivity contribution in [2.75, 3.05) is 13.2 Å². The molecule has 124 valence electrons. The molecule has 0 atom stereocenters. The number of rotatable bonds is 6. The van der Waals surface area contributed by atoms with Crippen LogP contribution in [0.25, 0.3) is 0 Å². The lowest BCUT2D eigenvalue weighted by atomic mass is 10.2. The molecular formula is C16H14N2O5S. The van der Waals surface area contributed by atoms with Gasteiger partial charge in [0.2, 0.25) is 0 Å². The maximum Gasteiger partial charge on any atom is 0.325 e. The van der Waals surface area contributed by atoms with Crippen molar-refractivity contribution in [3.63, 3.8) is 0 Å². The summed E-state index contributed by atoms with van der Waals surface area (Å²) in [4.78, 5) is 46.8. The molecule has 0 aliphatic carbocycles. The second-order valence-electron chi connectivity index (χ2n) is 4.56. The van der Waals surface area contributed by atoms with Crippen LogP contribution in [0.15, 0.2) is 47.8 Å². The quantitative estimate of drug-likeness (QED) is 0.759. The van der Waals surface area contributed by atoms with Crippen molar-refractivity contribution >= 4 is 35.0 Å². The van der Waals surface area contributed by atoms with Crippen LogP contribution in [-0.4, -0.2) is 36.8 Å². The van der Waals surface area contributed by atoms with Crippen LogP contribution < -0.4 is 10.6 Å². The minimum absolute atomic E-state index is 0.320. The fourth-order valence-corrected chi connectivity index (χ4v) is 2.31. The fraction of sp³-hybridized carbons (Fsp3) is 0.125. The van der Waals surface area contributed by atoms with E-state index in [-0.39, 0.29) is 6.54 Å². The molecule has 2 N–H and O–H groups in total. The van der Waals surface area contributed by atoms with E-state index < -0.39 is 30.3 Å². The van der Waals surface area contributed by atoms with Crippen molar-refractivity contribution in [2.45, 2.75) is 0 Å². The Morgan fingerprint density at radius 3 is 2.38 bits per heavy atom. The first-order chi connectivity index (χ1) is 11.6. The van der Waals surface area contributed by atoms with Gasteiger partial charge in [-0.05, 0) is 23.6 Å². The highest BCUT2D eigenvalue weighted by molar-refractivity contribution is 7.12. The largest absolute Gasteiger partial charge is 0.454 e. The minimum atomic E-state index is -0.776. The lowest BCUT2D eigenvalue weighted by Crippen LogP contribution is -2.36. The molecule has 1 aromatic heterocycles. The van der Waals surface area contributed by atoms with Crippen molar-refractivity contribution in [3.8, 4) is 0 Å². The van der Waals surface area contributed by atoms with Gasteiger partial charge in [-0.15, -0.1) is 11.3 Å². The van der Waals surface area contributed by atoms with E-state index in [0.29, 0.717) is 10.4 Å². The average Bonchev–Trinajstić information content (AvgIpc) is 3.13. The molecule has 0 aliphatic rings. The molecule has 0 radical (unpaired) electrons. The SMILES string of the molecule is O=C(COC(=O)CNC(=O)c1cccs1)NC(=O)c1ccccc1. The van der Waals surface area contributed by atoms with Crippen LogP contribution in [0.3, 0.4) is 0 Å². The normalized spacial score (nSPS) is 9.83. The lowest BCUT2D eigenvalue weighted by Gasteiger charge is -2.06. The van der Waals surface area contributed by atoms with Gasteiger partial charge in [0.05, 0.1) is 4.88 Å². The predicted octanol–water partition coefficient (Wildman–Crippen LogP) is 0.978. The van der Waals surface area contributed by atoms with Gasteiger partial charge < -0.3 is 10.1 Å². The maximum absolute atomic E-state index is 11.7. The molecule has 8 heteroatoms. The standard InChI is InChI=1S/C16H14N2O5S/c19-13(18-15(21)11-5-2-1-3-6-11)10-23-14(20)9-17-16(22)12-7-4-8-24-12/h1-8H,9-10H2,(H,17,22)(H,18,19,21). The number of benzene rings is 1. The van der Waals surface area contributed by atoms with Gasteiger partial charge in [-0.2, -0.15) is 0 Å². The third kappa shape index (κ3) is 5.33. The smallest absolute Gasteiger partial charge is 0.325 e. The van der Waals surface area contributed by atoms with Crippen molar-refractivity contribution in [1.82, 2.24) is 10.6 Å². The Hall–Kier alpha value is -3.00. The summed E-state index contributed by atoms with van der Waals surface area (Å²) in [7, 11) is 0. The van der Waals surface area contributed by atoms with Gasteiger partial charge in [0.15, 0.2) is 6.61 Å². The zero-order valence-electron chi connectivity index (χ0n) is 12.5. The lowest BCUT2D eigenvalue weighted by molar-refractivity contribution is -0.147.